The maximum Gasteiger partial charge on any atom is 0.425 e. The fourth-order valence-corrected chi connectivity index (χ4v) is 7.08. The number of nitrogens with one attached hydrogen (secondary N) is 1. The molecule has 1 saturated carbocycles. The minimum Gasteiger partial charge on any atom is -0.443 e. The van der Waals surface area contributed by atoms with E-state index in [1.807, 2.05) is 31.4 Å². The van der Waals surface area contributed by atoms with Gasteiger partial charge in [-0.2, -0.15) is 9.88 Å². The molecule has 1 aliphatic carbocycles. The average Bonchev–Trinajstić information content (AvgIpc) is 3.47. The Morgan fingerprint density at radius 2 is 1.60 bits per heavy atom. The van der Waals surface area contributed by atoms with Crippen molar-refractivity contribution in [2.24, 2.45) is 5.41 Å². The van der Waals surface area contributed by atoms with Crippen LogP contribution in [0.1, 0.15) is 94.4 Å². The van der Waals surface area contributed by atoms with E-state index < -0.39 is 34.4 Å². The van der Waals surface area contributed by atoms with Crippen molar-refractivity contribution in [3.8, 4) is 0 Å². The highest BCUT2D eigenvalue weighted by Crippen LogP contribution is 2.47. The molecule has 0 aromatic carbocycles. The van der Waals surface area contributed by atoms with E-state index in [-0.39, 0.29) is 22.0 Å². The van der Waals surface area contributed by atoms with E-state index in [4.69, 9.17) is 14.5 Å². The van der Waals surface area contributed by atoms with Gasteiger partial charge in [0.2, 0.25) is 5.95 Å². The number of imidazole rings is 1. The number of nitrogens with zero attached hydrogens (tertiary/aromatic N) is 5. The molecule has 2 aliphatic rings. The number of carbonyl (C=O) groups excluding carboxylic acids is 2. The van der Waals surface area contributed by atoms with Gasteiger partial charge in [0.15, 0.2) is 11.5 Å². The number of amides is 2. The second kappa shape index (κ2) is 11.7. The first-order valence-electron chi connectivity index (χ1n) is 14.5. The van der Waals surface area contributed by atoms with E-state index in [1.54, 1.807) is 47.7 Å². The Bertz CT molecular complexity index is 1320. The fraction of sp³-hybridized carbons (Fsp3) is 0.724. The fourth-order valence-electron chi connectivity index (χ4n) is 5.54. The van der Waals surface area contributed by atoms with Crippen LogP contribution in [0.25, 0.3) is 5.65 Å². The Balaban J connectivity index is 1.68. The summed E-state index contributed by atoms with van der Waals surface area (Å²) in [7, 11) is -1.13. The van der Waals surface area contributed by atoms with Crippen LogP contribution in [-0.2, 0) is 20.5 Å². The highest BCUT2D eigenvalue weighted by molar-refractivity contribution is 9.10. The molecule has 0 unspecified atom stereocenters. The third-order valence-corrected chi connectivity index (χ3v) is 9.89. The smallest absolute Gasteiger partial charge is 0.425 e. The van der Waals surface area contributed by atoms with Crippen molar-refractivity contribution in [3.05, 3.63) is 16.9 Å². The molecule has 2 aromatic heterocycles. The topological polar surface area (TPSA) is 118 Å². The predicted octanol–water partition coefficient (Wildman–Crippen LogP) is 6.36. The molecule has 234 valence electrons. The van der Waals surface area contributed by atoms with Gasteiger partial charge in [-0.1, -0.05) is 6.42 Å². The zero-order chi connectivity index (χ0) is 31.3. The van der Waals surface area contributed by atoms with Crippen LogP contribution in [0.15, 0.2) is 16.9 Å². The summed E-state index contributed by atoms with van der Waals surface area (Å²) in [4.78, 5) is 39.2. The van der Waals surface area contributed by atoms with E-state index in [1.165, 1.54) is 0 Å². The Morgan fingerprint density at radius 3 is 2.12 bits per heavy atom. The molecule has 0 bridgehead atoms. The molecule has 3 heterocycles. The van der Waals surface area contributed by atoms with Crippen LogP contribution in [0.4, 0.5) is 21.4 Å². The molecular weight excluding hydrogens is 624 g/mol. The number of rotatable bonds is 4. The maximum atomic E-state index is 13.4. The van der Waals surface area contributed by atoms with Crippen LogP contribution in [0.5, 0.6) is 0 Å². The highest BCUT2D eigenvalue weighted by Gasteiger charge is 2.46. The molecule has 0 radical (unpaired) electrons. The minimum atomic E-state index is -1.13. The van der Waals surface area contributed by atoms with Gasteiger partial charge in [-0.15, -0.1) is 0 Å². The third kappa shape index (κ3) is 7.10. The molecule has 2 amide bonds. The number of hydrogen-bond donors (Lipinski definition) is 1. The number of aromatic nitrogens is 3. The van der Waals surface area contributed by atoms with E-state index in [0.29, 0.717) is 29.2 Å². The van der Waals surface area contributed by atoms with Crippen molar-refractivity contribution in [2.45, 2.75) is 116 Å². The van der Waals surface area contributed by atoms with Crippen LogP contribution in [0.2, 0.25) is 0 Å². The normalized spacial score (nSPS) is 20.1. The number of piperidine rings is 1. The molecule has 13 heteroatoms. The second-order valence-corrected chi connectivity index (χ2v) is 17.1. The van der Waals surface area contributed by atoms with Crippen LogP contribution in [-0.4, -0.2) is 65.8 Å². The first-order valence-corrected chi connectivity index (χ1v) is 16.5. The number of ether oxygens (including phenoxy) is 2. The Hall–Kier alpha value is -2.25. The number of imide groups is 1. The van der Waals surface area contributed by atoms with Crippen LogP contribution in [0.3, 0.4) is 0 Å². The summed E-state index contributed by atoms with van der Waals surface area (Å²) in [6, 6.07) is 0.191. The predicted molar refractivity (Wildman–Crippen MR) is 168 cm³/mol. The van der Waals surface area contributed by atoms with Crippen LogP contribution in [0, 0.1) is 5.41 Å². The van der Waals surface area contributed by atoms with Gasteiger partial charge < -0.3 is 14.4 Å². The summed E-state index contributed by atoms with van der Waals surface area (Å²) in [5.41, 5.74) is -1.14. The third-order valence-electron chi connectivity index (χ3n) is 7.57. The summed E-state index contributed by atoms with van der Waals surface area (Å²) in [6.45, 7) is 17.8. The number of anilines is 2. The summed E-state index contributed by atoms with van der Waals surface area (Å²) in [6.07, 6.45) is 6.69. The van der Waals surface area contributed by atoms with Crippen LogP contribution < -0.4 is 14.5 Å². The lowest BCUT2D eigenvalue weighted by atomic mass is 9.74. The molecule has 2 atom stereocenters. The second-order valence-electron chi connectivity index (χ2n) is 14.3. The molecular formula is C29H45BrN6O5S. The SMILES string of the molecule is CC(C)(C)OC(=O)N(C(=O)OC(C)(C)C)c1nc(N2CCC3(CCC[C@H]3N[S@](=O)C(C)(C)C)CC2)n2ccnc2c1Br. The Labute approximate surface area is 259 Å². The Morgan fingerprint density at radius 1 is 1.02 bits per heavy atom. The van der Waals surface area contributed by atoms with Crippen molar-refractivity contribution in [3.63, 3.8) is 0 Å². The first kappa shape index (κ1) is 32.7. The quantitative estimate of drug-likeness (QED) is 0.400. The van der Waals surface area contributed by atoms with Crippen molar-refractivity contribution in [1.29, 1.82) is 0 Å². The van der Waals surface area contributed by atoms with Gasteiger partial charge in [0.25, 0.3) is 0 Å². The monoisotopic (exact) mass is 668 g/mol. The lowest BCUT2D eigenvalue weighted by molar-refractivity contribution is 0.0428. The van der Waals surface area contributed by atoms with E-state index in [9.17, 15) is 13.8 Å². The van der Waals surface area contributed by atoms with Gasteiger partial charge in [-0.25, -0.2) is 23.5 Å². The highest BCUT2D eigenvalue weighted by atomic mass is 79.9. The van der Waals surface area contributed by atoms with Gasteiger partial charge in [0, 0.05) is 31.5 Å². The van der Waals surface area contributed by atoms with Crippen molar-refractivity contribution in [1.82, 2.24) is 19.1 Å². The largest absolute Gasteiger partial charge is 0.443 e. The molecule has 2 fully saturated rings. The lowest BCUT2D eigenvalue weighted by Crippen LogP contribution is -2.51. The zero-order valence-corrected chi connectivity index (χ0v) is 28.6. The molecule has 4 rings (SSSR count). The van der Waals surface area contributed by atoms with Crippen molar-refractivity contribution < 1.29 is 23.3 Å². The summed E-state index contributed by atoms with van der Waals surface area (Å²) in [5, 5.41) is 0. The van der Waals surface area contributed by atoms with Gasteiger partial charge in [0.1, 0.15) is 15.7 Å². The molecule has 1 spiro atoms. The molecule has 1 saturated heterocycles. The van der Waals surface area contributed by atoms with Gasteiger partial charge >= 0.3 is 12.2 Å². The first-order chi connectivity index (χ1) is 19.3. The number of fused-ring (bicyclic) bond motifs is 1. The number of hydrogen-bond acceptors (Lipinski definition) is 8. The van der Waals surface area contributed by atoms with Crippen molar-refractivity contribution >= 4 is 56.5 Å². The van der Waals surface area contributed by atoms with Gasteiger partial charge in [-0.3, -0.25) is 4.40 Å². The van der Waals surface area contributed by atoms with Gasteiger partial charge in [0.05, 0.1) is 15.7 Å². The summed E-state index contributed by atoms with van der Waals surface area (Å²) < 4.78 is 29.5. The maximum absolute atomic E-state index is 13.4. The minimum absolute atomic E-state index is 0.0495. The molecule has 1 aliphatic heterocycles. The average molecular weight is 670 g/mol. The molecule has 42 heavy (non-hydrogen) atoms. The molecule has 11 nitrogen and oxygen atoms in total. The van der Waals surface area contributed by atoms with Crippen LogP contribution >= 0.6 is 15.9 Å². The van der Waals surface area contributed by atoms with Gasteiger partial charge in [-0.05, 0) is 109 Å². The number of carbonyl (C=O) groups is 2. The van der Waals surface area contributed by atoms with E-state index >= 15 is 0 Å². The Kier molecular flexibility index (Phi) is 9.08. The summed E-state index contributed by atoms with van der Waals surface area (Å²) in [5.74, 6) is 0.613. The number of halogens is 1. The molecule has 2 aromatic rings. The van der Waals surface area contributed by atoms with E-state index in [0.717, 1.165) is 37.0 Å². The zero-order valence-electron chi connectivity index (χ0n) is 26.2. The standard InChI is InChI=1S/C29H45BrN6O5S/c1-26(2,3)40-24(37)36(25(38)41-27(4,5)6)22-20(30)21-31-15-18-35(21)23(32-22)34-16-13-29(14-17-34)12-10-11-19(29)33-42(39)28(7,8)9/h15,18-19,33H,10-14,16-17H2,1-9H3/t19-,42-/m1/s1. The van der Waals surface area contributed by atoms with Crippen molar-refractivity contribution in [2.75, 3.05) is 22.9 Å². The lowest BCUT2D eigenvalue weighted by Gasteiger charge is -2.44. The summed E-state index contributed by atoms with van der Waals surface area (Å²) >= 11 is 3.55. The van der Waals surface area contributed by atoms with E-state index in [2.05, 4.69) is 30.5 Å². The molecule has 1 N–H and O–H groups in total.